The first-order valence-corrected chi connectivity index (χ1v) is 7.42. The lowest BCUT2D eigenvalue weighted by Crippen LogP contribution is -2.37. The van der Waals surface area contributed by atoms with E-state index in [1.807, 2.05) is 11.3 Å². The highest BCUT2D eigenvalue weighted by Gasteiger charge is 2.16. The zero-order chi connectivity index (χ0) is 12.3. The first-order chi connectivity index (χ1) is 8.15. The second-order valence-corrected chi connectivity index (χ2v) is 6.80. The van der Waals surface area contributed by atoms with E-state index in [-0.39, 0.29) is 0 Å². The Morgan fingerprint density at radius 3 is 2.94 bits per heavy atom. The Morgan fingerprint density at radius 2 is 2.29 bits per heavy atom. The lowest BCUT2D eigenvalue weighted by Gasteiger charge is -2.29. The van der Waals surface area contributed by atoms with Gasteiger partial charge in [-0.3, -0.25) is 0 Å². The van der Waals surface area contributed by atoms with E-state index in [2.05, 4.69) is 37.2 Å². The molecule has 1 N–H and O–H groups in total. The van der Waals surface area contributed by atoms with Gasteiger partial charge in [-0.05, 0) is 64.4 Å². The molecule has 1 fully saturated rings. The summed E-state index contributed by atoms with van der Waals surface area (Å²) in [6, 6.07) is 2.32. The normalized spacial score (nSPS) is 21.9. The fraction of sp³-hybridized carbons (Fsp3) is 0.714. The van der Waals surface area contributed by atoms with Crippen molar-refractivity contribution in [3.8, 4) is 0 Å². The maximum absolute atomic E-state index is 3.63. The third-order valence-corrected chi connectivity index (χ3v) is 4.62. The van der Waals surface area contributed by atoms with Gasteiger partial charge in [0.05, 0.1) is 0 Å². The summed E-state index contributed by atoms with van der Waals surface area (Å²) in [4.78, 5) is 5.35. The first-order valence-electron chi connectivity index (χ1n) is 6.60. The topological polar surface area (TPSA) is 15.3 Å². The molecular formula is C14H24N2S. The van der Waals surface area contributed by atoms with E-state index in [1.165, 1.54) is 47.8 Å². The van der Waals surface area contributed by atoms with Gasteiger partial charge in [0.25, 0.3) is 0 Å². The van der Waals surface area contributed by atoms with Crippen LogP contribution < -0.4 is 5.32 Å². The zero-order valence-corrected chi connectivity index (χ0v) is 12.1. The Hall–Kier alpha value is -0.380. The monoisotopic (exact) mass is 252 g/mol. The van der Waals surface area contributed by atoms with Crippen molar-refractivity contribution < 1.29 is 0 Å². The average Bonchev–Trinajstić information content (AvgIpc) is 2.58. The minimum absolute atomic E-state index is 0.841. The van der Waals surface area contributed by atoms with E-state index in [1.54, 1.807) is 0 Å². The van der Waals surface area contributed by atoms with Crippen LogP contribution >= 0.6 is 11.3 Å². The fourth-order valence-corrected chi connectivity index (χ4v) is 3.66. The number of nitrogens with zero attached hydrogens (tertiary/aromatic N) is 1. The number of piperidine rings is 1. The van der Waals surface area contributed by atoms with Crippen LogP contribution in [0, 0.1) is 19.8 Å². The number of nitrogens with one attached hydrogen (secondary N) is 1. The SMILES string of the molecule is Cc1cc(CNCC2CCCN(C)C2)c(C)s1. The Morgan fingerprint density at radius 1 is 1.47 bits per heavy atom. The smallest absolute Gasteiger partial charge is 0.0216 e. The third-order valence-electron chi connectivity index (χ3n) is 3.61. The van der Waals surface area contributed by atoms with E-state index in [4.69, 9.17) is 0 Å². The van der Waals surface area contributed by atoms with Crippen molar-refractivity contribution in [2.75, 3.05) is 26.7 Å². The van der Waals surface area contributed by atoms with Gasteiger partial charge in [0.1, 0.15) is 0 Å². The molecule has 3 heteroatoms. The third kappa shape index (κ3) is 3.80. The summed E-state index contributed by atoms with van der Waals surface area (Å²) in [7, 11) is 2.23. The predicted octanol–water partition coefficient (Wildman–Crippen LogP) is 2.80. The molecule has 1 aromatic heterocycles. The molecule has 0 spiro atoms. The van der Waals surface area contributed by atoms with Crippen LogP contribution in [0.15, 0.2) is 6.07 Å². The highest BCUT2D eigenvalue weighted by Crippen LogP contribution is 2.20. The summed E-state index contributed by atoms with van der Waals surface area (Å²) in [5.41, 5.74) is 1.48. The van der Waals surface area contributed by atoms with E-state index in [0.29, 0.717) is 0 Å². The number of thiophene rings is 1. The number of hydrogen-bond donors (Lipinski definition) is 1. The van der Waals surface area contributed by atoms with Crippen LogP contribution in [0.25, 0.3) is 0 Å². The number of rotatable bonds is 4. The van der Waals surface area contributed by atoms with Crippen LogP contribution in [0.5, 0.6) is 0 Å². The van der Waals surface area contributed by atoms with Crippen molar-refractivity contribution in [2.24, 2.45) is 5.92 Å². The molecule has 0 aliphatic carbocycles. The average molecular weight is 252 g/mol. The van der Waals surface area contributed by atoms with Gasteiger partial charge in [-0.25, -0.2) is 0 Å². The predicted molar refractivity (Wildman–Crippen MR) is 75.7 cm³/mol. The van der Waals surface area contributed by atoms with Gasteiger partial charge in [-0.2, -0.15) is 0 Å². The second-order valence-electron chi connectivity index (χ2n) is 5.34. The maximum Gasteiger partial charge on any atom is 0.0216 e. The highest BCUT2D eigenvalue weighted by atomic mass is 32.1. The Kier molecular flexibility index (Phi) is 4.60. The van der Waals surface area contributed by atoms with E-state index < -0.39 is 0 Å². The van der Waals surface area contributed by atoms with Gasteiger partial charge in [0.2, 0.25) is 0 Å². The summed E-state index contributed by atoms with van der Waals surface area (Å²) in [6.45, 7) is 9.16. The summed E-state index contributed by atoms with van der Waals surface area (Å²) in [5.74, 6) is 0.841. The molecule has 1 aliphatic rings. The standard InChI is InChI=1S/C14H24N2S/c1-11-7-14(12(2)17-11)9-15-8-13-5-4-6-16(3)10-13/h7,13,15H,4-6,8-10H2,1-3H3. The highest BCUT2D eigenvalue weighted by molar-refractivity contribution is 7.12. The van der Waals surface area contributed by atoms with Crippen LogP contribution in [0.2, 0.25) is 0 Å². The molecule has 0 amide bonds. The molecule has 1 aromatic rings. The zero-order valence-electron chi connectivity index (χ0n) is 11.3. The van der Waals surface area contributed by atoms with Crippen molar-refractivity contribution in [1.82, 2.24) is 10.2 Å². The van der Waals surface area contributed by atoms with Crippen molar-refractivity contribution in [3.63, 3.8) is 0 Å². The molecule has 0 aromatic carbocycles. The summed E-state index contributed by atoms with van der Waals surface area (Å²) in [6.07, 6.45) is 2.75. The van der Waals surface area contributed by atoms with Gasteiger partial charge in [0, 0.05) is 22.8 Å². The quantitative estimate of drug-likeness (QED) is 0.886. The fourth-order valence-electron chi connectivity index (χ4n) is 2.71. The van der Waals surface area contributed by atoms with Crippen molar-refractivity contribution in [1.29, 1.82) is 0 Å². The number of aryl methyl sites for hydroxylation is 2. The Balaban J connectivity index is 1.74. The second kappa shape index (κ2) is 5.98. The molecule has 1 aliphatic heterocycles. The van der Waals surface area contributed by atoms with E-state index in [0.717, 1.165) is 12.5 Å². The molecule has 96 valence electrons. The molecule has 0 radical (unpaired) electrons. The summed E-state index contributed by atoms with van der Waals surface area (Å²) in [5, 5.41) is 3.63. The van der Waals surface area contributed by atoms with Gasteiger partial charge < -0.3 is 10.2 Å². The van der Waals surface area contributed by atoms with Crippen LogP contribution in [-0.2, 0) is 6.54 Å². The molecule has 2 nitrogen and oxygen atoms in total. The molecule has 1 atom stereocenters. The largest absolute Gasteiger partial charge is 0.312 e. The summed E-state index contributed by atoms with van der Waals surface area (Å²) >= 11 is 1.91. The first kappa shape index (κ1) is 13.1. The van der Waals surface area contributed by atoms with Gasteiger partial charge in [-0.1, -0.05) is 0 Å². The van der Waals surface area contributed by atoms with Crippen LogP contribution in [0.1, 0.15) is 28.2 Å². The van der Waals surface area contributed by atoms with Gasteiger partial charge in [0.15, 0.2) is 0 Å². The minimum atomic E-state index is 0.841. The molecule has 2 rings (SSSR count). The minimum Gasteiger partial charge on any atom is -0.312 e. The molecular weight excluding hydrogens is 228 g/mol. The van der Waals surface area contributed by atoms with Gasteiger partial charge >= 0.3 is 0 Å². The Bertz CT molecular complexity index is 359. The van der Waals surface area contributed by atoms with Crippen molar-refractivity contribution >= 4 is 11.3 Å². The van der Waals surface area contributed by atoms with Crippen LogP contribution in [0.4, 0.5) is 0 Å². The molecule has 1 saturated heterocycles. The van der Waals surface area contributed by atoms with E-state index >= 15 is 0 Å². The molecule has 17 heavy (non-hydrogen) atoms. The van der Waals surface area contributed by atoms with Crippen LogP contribution in [-0.4, -0.2) is 31.6 Å². The molecule has 0 bridgehead atoms. The molecule has 0 saturated carbocycles. The Labute approximate surface area is 109 Å². The van der Waals surface area contributed by atoms with Crippen LogP contribution in [0.3, 0.4) is 0 Å². The summed E-state index contributed by atoms with van der Waals surface area (Å²) < 4.78 is 0. The van der Waals surface area contributed by atoms with Crippen molar-refractivity contribution in [2.45, 2.75) is 33.2 Å². The number of hydrogen-bond acceptors (Lipinski definition) is 3. The van der Waals surface area contributed by atoms with Gasteiger partial charge in [-0.15, -0.1) is 11.3 Å². The molecule has 2 heterocycles. The van der Waals surface area contributed by atoms with Crippen molar-refractivity contribution in [3.05, 3.63) is 21.4 Å². The number of likely N-dealkylation sites (tertiary alicyclic amines) is 1. The lowest BCUT2D eigenvalue weighted by atomic mass is 9.98. The molecule has 1 unspecified atom stereocenters. The maximum atomic E-state index is 3.63. The lowest BCUT2D eigenvalue weighted by molar-refractivity contribution is 0.206. The van der Waals surface area contributed by atoms with E-state index in [9.17, 15) is 0 Å².